The molecule has 0 atom stereocenters. The summed E-state index contributed by atoms with van der Waals surface area (Å²) in [6.07, 6.45) is 0.444. The maximum atomic E-state index is 12.1. The minimum Gasteiger partial charge on any atom is -0.455 e. The van der Waals surface area contributed by atoms with Gasteiger partial charge < -0.3 is 19.9 Å². The SMILES string of the molecule is BCC(=O)N(CCNC(=O)CN(C)C(=O)CC)CC(=O)C(=O)OCc1ccccc1. The highest BCUT2D eigenvalue weighted by molar-refractivity contribution is 6.34. The first-order valence-electron chi connectivity index (χ1n) is 9.80. The third-order valence-electron chi connectivity index (χ3n) is 4.24. The summed E-state index contributed by atoms with van der Waals surface area (Å²) in [5.74, 6) is -2.72. The molecule has 1 aromatic carbocycles. The third kappa shape index (κ3) is 8.89. The molecule has 0 saturated heterocycles. The third-order valence-corrected chi connectivity index (χ3v) is 4.24. The number of Topliss-reactive ketones (excluding diaryl/α,β-unsaturated/α-hetero) is 1. The Bertz CT molecular complexity index is 756. The molecule has 1 N–H and O–H groups in total. The summed E-state index contributed by atoms with van der Waals surface area (Å²) < 4.78 is 4.99. The minimum atomic E-state index is -1.02. The number of nitrogens with one attached hydrogen (secondary N) is 1. The first-order chi connectivity index (χ1) is 14.3. The fraction of sp³-hybridized carbons (Fsp3) is 0.450. The topological polar surface area (TPSA) is 113 Å². The quantitative estimate of drug-likeness (QED) is 0.270. The predicted octanol–water partition coefficient (Wildman–Crippen LogP) is -0.836. The highest BCUT2D eigenvalue weighted by Crippen LogP contribution is 2.02. The smallest absolute Gasteiger partial charge is 0.376 e. The first kappa shape index (κ1) is 24.9. The number of benzene rings is 1. The monoisotopic (exact) mass is 417 g/mol. The van der Waals surface area contributed by atoms with Crippen LogP contribution in [0.1, 0.15) is 18.9 Å². The molecule has 0 unspecified atom stereocenters. The van der Waals surface area contributed by atoms with E-state index in [0.29, 0.717) is 6.42 Å². The van der Waals surface area contributed by atoms with Gasteiger partial charge in [0.1, 0.15) is 14.5 Å². The van der Waals surface area contributed by atoms with Gasteiger partial charge in [-0.05, 0) is 11.9 Å². The Morgan fingerprint density at radius 3 is 2.30 bits per heavy atom. The molecule has 0 bridgehead atoms. The number of rotatable bonds is 12. The van der Waals surface area contributed by atoms with E-state index in [2.05, 4.69) is 5.32 Å². The second-order valence-corrected chi connectivity index (χ2v) is 6.61. The largest absolute Gasteiger partial charge is 0.455 e. The molecule has 162 valence electrons. The number of likely N-dealkylation sites (N-methyl/N-ethyl adjacent to an activating group) is 1. The molecule has 0 aliphatic heterocycles. The zero-order valence-corrected chi connectivity index (χ0v) is 17.7. The van der Waals surface area contributed by atoms with Crippen molar-refractivity contribution in [3.8, 4) is 0 Å². The van der Waals surface area contributed by atoms with Gasteiger partial charge in [0.25, 0.3) is 5.78 Å². The summed E-state index contributed by atoms with van der Waals surface area (Å²) in [7, 11) is 3.16. The molecule has 9 nitrogen and oxygen atoms in total. The summed E-state index contributed by atoms with van der Waals surface area (Å²) >= 11 is 0. The molecule has 0 heterocycles. The number of carbonyl (C=O) groups is 5. The van der Waals surface area contributed by atoms with E-state index in [-0.39, 0.29) is 50.3 Å². The maximum Gasteiger partial charge on any atom is 0.376 e. The number of amides is 3. The Labute approximate surface area is 177 Å². The molecule has 0 radical (unpaired) electrons. The molecule has 1 rings (SSSR count). The van der Waals surface area contributed by atoms with Crippen molar-refractivity contribution >= 4 is 37.3 Å². The molecular weight excluding hydrogens is 389 g/mol. The van der Waals surface area contributed by atoms with E-state index in [1.54, 1.807) is 39.0 Å². The lowest BCUT2D eigenvalue weighted by atomic mass is 10.0. The van der Waals surface area contributed by atoms with Crippen molar-refractivity contribution in [2.75, 3.05) is 33.2 Å². The number of ether oxygens (including phenoxy) is 1. The molecule has 3 amide bonds. The van der Waals surface area contributed by atoms with Gasteiger partial charge in [0, 0.05) is 26.6 Å². The van der Waals surface area contributed by atoms with Gasteiger partial charge in [0.15, 0.2) is 0 Å². The van der Waals surface area contributed by atoms with Crippen molar-refractivity contribution in [3.05, 3.63) is 35.9 Å². The van der Waals surface area contributed by atoms with E-state index in [1.807, 2.05) is 6.07 Å². The Morgan fingerprint density at radius 2 is 1.70 bits per heavy atom. The van der Waals surface area contributed by atoms with Crippen LogP contribution < -0.4 is 5.32 Å². The van der Waals surface area contributed by atoms with Crippen LogP contribution in [0.2, 0.25) is 6.32 Å². The van der Waals surface area contributed by atoms with Gasteiger partial charge in [-0.3, -0.25) is 19.2 Å². The summed E-state index contributed by atoms with van der Waals surface area (Å²) in [6.45, 7) is 1.29. The number of hydrogen-bond donors (Lipinski definition) is 1. The molecule has 0 aliphatic carbocycles. The summed E-state index contributed by atoms with van der Waals surface area (Å²) in [4.78, 5) is 62.1. The van der Waals surface area contributed by atoms with Crippen LogP contribution in [-0.4, -0.2) is 80.3 Å². The number of carbonyl (C=O) groups excluding carboxylic acids is 5. The van der Waals surface area contributed by atoms with Crippen molar-refractivity contribution < 1.29 is 28.7 Å². The van der Waals surface area contributed by atoms with Crippen molar-refractivity contribution in [1.82, 2.24) is 15.1 Å². The Hall–Kier alpha value is -3.17. The van der Waals surface area contributed by atoms with Crippen molar-refractivity contribution in [1.29, 1.82) is 0 Å². The van der Waals surface area contributed by atoms with Crippen LogP contribution in [0.3, 0.4) is 0 Å². The summed E-state index contributed by atoms with van der Waals surface area (Å²) in [5, 5.41) is 2.60. The molecule has 0 aliphatic rings. The van der Waals surface area contributed by atoms with Crippen LogP contribution in [0.4, 0.5) is 0 Å². The summed E-state index contributed by atoms with van der Waals surface area (Å²) in [5.41, 5.74) is 0.745. The fourth-order valence-electron chi connectivity index (χ4n) is 2.52. The normalized spacial score (nSPS) is 10.1. The highest BCUT2D eigenvalue weighted by atomic mass is 16.5. The number of esters is 1. The highest BCUT2D eigenvalue weighted by Gasteiger charge is 2.22. The first-order valence-corrected chi connectivity index (χ1v) is 9.80. The molecule has 0 aromatic heterocycles. The van der Waals surface area contributed by atoms with Crippen LogP contribution in [0.25, 0.3) is 0 Å². The average molecular weight is 417 g/mol. The van der Waals surface area contributed by atoms with Gasteiger partial charge in [0.2, 0.25) is 17.7 Å². The summed E-state index contributed by atoms with van der Waals surface area (Å²) in [6, 6.07) is 8.93. The minimum absolute atomic E-state index is 0.0345. The second-order valence-electron chi connectivity index (χ2n) is 6.61. The lowest BCUT2D eigenvalue weighted by Crippen LogP contribution is -2.44. The fourth-order valence-corrected chi connectivity index (χ4v) is 2.52. The maximum absolute atomic E-state index is 12.1. The van der Waals surface area contributed by atoms with Gasteiger partial charge in [-0.15, -0.1) is 0 Å². The van der Waals surface area contributed by atoms with Gasteiger partial charge in [-0.2, -0.15) is 0 Å². The lowest BCUT2D eigenvalue weighted by Gasteiger charge is -2.22. The Kier molecular flexibility index (Phi) is 10.9. The predicted molar refractivity (Wildman–Crippen MR) is 112 cm³/mol. The molecule has 1 aromatic rings. The molecule has 30 heavy (non-hydrogen) atoms. The Morgan fingerprint density at radius 1 is 1.03 bits per heavy atom. The number of hydrogen-bond acceptors (Lipinski definition) is 6. The molecule has 0 spiro atoms. The van der Waals surface area contributed by atoms with E-state index in [1.165, 1.54) is 16.8 Å². The molecule has 0 saturated carbocycles. The molecular formula is C20H28BN3O6. The lowest BCUT2D eigenvalue weighted by molar-refractivity contribution is -0.156. The zero-order chi connectivity index (χ0) is 22.5. The van der Waals surface area contributed by atoms with E-state index >= 15 is 0 Å². The van der Waals surface area contributed by atoms with Crippen LogP contribution in [0.5, 0.6) is 0 Å². The zero-order valence-electron chi connectivity index (χ0n) is 17.7. The Balaban J connectivity index is 2.49. The number of nitrogens with zero attached hydrogens (tertiary/aromatic N) is 2. The molecule has 10 heteroatoms. The van der Waals surface area contributed by atoms with E-state index in [9.17, 15) is 24.0 Å². The van der Waals surface area contributed by atoms with E-state index < -0.39 is 18.3 Å². The van der Waals surface area contributed by atoms with Crippen molar-refractivity contribution in [2.45, 2.75) is 26.3 Å². The van der Waals surface area contributed by atoms with E-state index in [4.69, 9.17) is 4.74 Å². The van der Waals surface area contributed by atoms with Crippen LogP contribution in [-0.2, 0) is 35.3 Å². The van der Waals surface area contributed by atoms with Crippen LogP contribution in [0.15, 0.2) is 30.3 Å². The van der Waals surface area contributed by atoms with E-state index in [0.717, 1.165) is 5.56 Å². The van der Waals surface area contributed by atoms with Crippen LogP contribution in [0, 0.1) is 0 Å². The number of ketones is 1. The second kappa shape index (κ2) is 13.1. The van der Waals surface area contributed by atoms with Gasteiger partial charge in [-0.1, -0.05) is 37.3 Å². The van der Waals surface area contributed by atoms with Gasteiger partial charge >= 0.3 is 5.97 Å². The van der Waals surface area contributed by atoms with Crippen LogP contribution >= 0.6 is 0 Å². The van der Waals surface area contributed by atoms with Gasteiger partial charge in [-0.25, -0.2) is 4.79 Å². The average Bonchev–Trinajstić information content (AvgIpc) is 2.75. The van der Waals surface area contributed by atoms with Crippen molar-refractivity contribution in [2.24, 2.45) is 0 Å². The van der Waals surface area contributed by atoms with Crippen molar-refractivity contribution in [3.63, 3.8) is 0 Å². The van der Waals surface area contributed by atoms with Gasteiger partial charge in [0.05, 0.1) is 13.1 Å². The standard InChI is InChI=1S/C20H28BN3O6/c1-3-18(27)23(2)13-17(26)22-9-10-24(19(28)11-21)12-16(25)20(29)30-14-15-7-5-4-6-8-15/h4-8H,3,9-14,21H2,1-2H3,(H,22,26). The molecule has 0 fully saturated rings.